The predicted molar refractivity (Wildman–Crippen MR) is 69.1 cm³/mol. The molecule has 1 aromatic rings. The van der Waals surface area contributed by atoms with Gasteiger partial charge in [-0.25, -0.2) is 17.6 Å². The smallest absolute Gasteiger partial charge is 0.335 e. The quantitative estimate of drug-likeness (QED) is 0.917. The topological polar surface area (TPSA) is 80.7 Å². The van der Waals surface area contributed by atoms with Crippen LogP contribution in [0.15, 0.2) is 17.0 Å². The fraction of sp³-hybridized carbons (Fsp3) is 0.462. The maximum Gasteiger partial charge on any atom is 0.335 e. The predicted octanol–water partition coefficient (Wildman–Crippen LogP) is 1.79. The number of benzene rings is 1. The first-order valence-electron chi connectivity index (χ1n) is 6.19. The number of ether oxygens (including phenoxy) is 1. The van der Waals surface area contributed by atoms with Crippen molar-refractivity contribution in [2.45, 2.75) is 30.8 Å². The molecule has 0 bridgehead atoms. The van der Waals surface area contributed by atoms with Crippen LogP contribution in [-0.4, -0.2) is 38.0 Å². The highest BCUT2D eigenvalue weighted by molar-refractivity contribution is 7.91. The summed E-state index contributed by atoms with van der Waals surface area (Å²) in [4.78, 5) is 10.6. The number of hydrogen-bond acceptors (Lipinski definition) is 4. The Morgan fingerprint density at radius 1 is 1.50 bits per heavy atom. The second-order valence-corrected chi connectivity index (χ2v) is 6.81. The van der Waals surface area contributed by atoms with Gasteiger partial charge in [0.1, 0.15) is 5.82 Å². The molecule has 5 nitrogen and oxygen atoms in total. The van der Waals surface area contributed by atoms with E-state index < -0.39 is 27.7 Å². The van der Waals surface area contributed by atoms with Crippen LogP contribution in [0.2, 0.25) is 0 Å². The second kappa shape index (κ2) is 5.49. The van der Waals surface area contributed by atoms with E-state index in [4.69, 9.17) is 9.84 Å². The minimum Gasteiger partial charge on any atom is -0.478 e. The molecular weight excluding hydrogens is 287 g/mol. The summed E-state index contributed by atoms with van der Waals surface area (Å²) in [5, 5.41) is 8.89. The second-order valence-electron chi connectivity index (χ2n) is 4.80. The summed E-state index contributed by atoms with van der Waals surface area (Å²) in [6.07, 6.45) is 1.03. The van der Waals surface area contributed by atoms with Gasteiger partial charge in [-0.05, 0) is 31.9 Å². The molecule has 1 unspecified atom stereocenters. The minimum atomic E-state index is -3.78. The number of rotatable bonds is 4. The van der Waals surface area contributed by atoms with Gasteiger partial charge in [-0.1, -0.05) is 0 Å². The Balaban J connectivity index is 2.41. The van der Waals surface area contributed by atoms with E-state index in [9.17, 15) is 17.6 Å². The number of hydrogen-bond donors (Lipinski definition) is 1. The van der Waals surface area contributed by atoms with Gasteiger partial charge in [0.05, 0.1) is 22.3 Å². The fourth-order valence-corrected chi connectivity index (χ4v) is 4.01. The molecule has 1 aromatic carbocycles. The van der Waals surface area contributed by atoms with E-state index in [1.807, 2.05) is 0 Å². The normalized spacial score (nSPS) is 19.2. The monoisotopic (exact) mass is 302 g/mol. The van der Waals surface area contributed by atoms with E-state index in [-0.39, 0.29) is 21.8 Å². The van der Waals surface area contributed by atoms with Crippen molar-refractivity contribution in [3.63, 3.8) is 0 Å². The maximum atomic E-state index is 13.7. The lowest BCUT2D eigenvalue weighted by Gasteiger charge is -2.13. The number of carboxylic acids is 1. The third kappa shape index (κ3) is 2.99. The largest absolute Gasteiger partial charge is 0.478 e. The van der Waals surface area contributed by atoms with Crippen LogP contribution in [0.1, 0.15) is 28.8 Å². The maximum absolute atomic E-state index is 13.7. The molecule has 0 spiro atoms. The molecule has 1 N–H and O–H groups in total. The Bertz CT molecular complexity index is 632. The average Bonchev–Trinajstić information content (AvgIpc) is 2.83. The van der Waals surface area contributed by atoms with Gasteiger partial charge in [0.25, 0.3) is 0 Å². The minimum absolute atomic E-state index is 0.0620. The number of sulfone groups is 1. The number of carbonyl (C=O) groups is 1. The molecule has 1 aliphatic rings. The van der Waals surface area contributed by atoms with Crippen LogP contribution in [-0.2, 0) is 14.6 Å². The summed E-state index contributed by atoms with van der Waals surface area (Å²) in [5.41, 5.74) is -0.438. The summed E-state index contributed by atoms with van der Waals surface area (Å²) in [7, 11) is -3.78. The van der Waals surface area contributed by atoms with Crippen molar-refractivity contribution in [3.8, 4) is 0 Å². The van der Waals surface area contributed by atoms with Crippen LogP contribution in [0.25, 0.3) is 0 Å². The van der Waals surface area contributed by atoms with Crippen molar-refractivity contribution in [1.82, 2.24) is 0 Å². The highest BCUT2D eigenvalue weighted by Crippen LogP contribution is 2.24. The average molecular weight is 302 g/mol. The van der Waals surface area contributed by atoms with Crippen molar-refractivity contribution < 1.29 is 27.4 Å². The Labute approximate surface area is 116 Å². The van der Waals surface area contributed by atoms with E-state index in [2.05, 4.69) is 0 Å². The van der Waals surface area contributed by atoms with Crippen LogP contribution in [0.3, 0.4) is 0 Å². The lowest BCUT2D eigenvalue weighted by Crippen LogP contribution is -2.21. The van der Waals surface area contributed by atoms with Gasteiger partial charge >= 0.3 is 5.97 Å². The van der Waals surface area contributed by atoms with E-state index in [1.54, 1.807) is 0 Å². The zero-order valence-electron chi connectivity index (χ0n) is 10.9. The van der Waals surface area contributed by atoms with Crippen molar-refractivity contribution in [2.24, 2.45) is 0 Å². The third-order valence-electron chi connectivity index (χ3n) is 3.31. The van der Waals surface area contributed by atoms with E-state index in [0.29, 0.717) is 13.0 Å². The molecule has 110 valence electrons. The summed E-state index contributed by atoms with van der Waals surface area (Å²) < 4.78 is 43.5. The van der Waals surface area contributed by atoms with Crippen LogP contribution in [0.4, 0.5) is 4.39 Å². The first-order chi connectivity index (χ1) is 9.31. The standard InChI is InChI=1S/C13H15FO5S/c1-8-11(14)5-9(13(15)16)6-12(8)20(17,18)7-10-3-2-4-19-10/h5-6,10H,2-4,7H2,1H3,(H,15,16). The van der Waals surface area contributed by atoms with Gasteiger partial charge in [0.2, 0.25) is 0 Å². The van der Waals surface area contributed by atoms with Crippen molar-refractivity contribution in [1.29, 1.82) is 0 Å². The third-order valence-corrected chi connectivity index (χ3v) is 5.21. The lowest BCUT2D eigenvalue weighted by molar-refractivity contribution is 0.0696. The first-order valence-corrected chi connectivity index (χ1v) is 7.84. The highest BCUT2D eigenvalue weighted by Gasteiger charge is 2.28. The van der Waals surface area contributed by atoms with Gasteiger partial charge in [0, 0.05) is 12.2 Å². The molecule has 2 rings (SSSR count). The van der Waals surface area contributed by atoms with E-state index in [1.165, 1.54) is 6.92 Å². The molecule has 20 heavy (non-hydrogen) atoms. The highest BCUT2D eigenvalue weighted by atomic mass is 32.2. The van der Waals surface area contributed by atoms with Crippen LogP contribution in [0, 0.1) is 12.7 Å². The lowest BCUT2D eigenvalue weighted by atomic mass is 10.1. The number of aromatic carboxylic acids is 1. The van der Waals surface area contributed by atoms with Gasteiger partial charge in [-0.3, -0.25) is 0 Å². The van der Waals surface area contributed by atoms with Crippen molar-refractivity contribution in [3.05, 3.63) is 29.1 Å². The Hall–Kier alpha value is -1.47. The molecule has 0 aromatic heterocycles. The molecule has 7 heteroatoms. The molecule has 1 atom stereocenters. The van der Waals surface area contributed by atoms with E-state index in [0.717, 1.165) is 18.6 Å². The zero-order valence-corrected chi connectivity index (χ0v) is 11.7. The zero-order chi connectivity index (χ0) is 14.9. The molecule has 0 saturated carbocycles. The molecule has 1 saturated heterocycles. The molecule has 1 fully saturated rings. The van der Waals surface area contributed by atoms with Gasteiger partial charge in [-0.15, -0.1) is 0 Å². The van der Waals surface area contributed by atoms with Crippen LogP contribution >= 0.6 is 0 Å². The van der Waals surface area contributed by atoms with Gasteiger partial charge < -0.3 is 9.84 Å². The molecule has 0 aliphatic carbocycles. The summed E-state index contributed by atoms with van der Waals surface area (Å²) in [6.45, 7) is 1.84. The van der Waals surface area contributed by atoms with E-state index >= 15 is 0 Å². The molecule has 0 amide bonds. The summed E-state index contributed by atoms with van der Waals surface area (Å²) >= 11 is 0. The summed E-state index contributed by atoms with van der Waals surface area (Å²) in [6, 6.07) is 1.83. The SMILES string of the molecule is Cc1c(F)cc(C(=O)O)cc1S(=O)(=O)CC1CCCO1. The van der Waals surface area contributed by atoms with Crippen molar-refractivity contribution in [2.75, 3.05) is 12.4 Å². The van der Waals surface area contributed by atoms with Crippen LogP contribution in [0.5, 0.6) is 0 Å². The first kappa shape index (κ1) is 14.9. The fourth-order valence-electron chi connectivity index (χ4n) is 2.21. The molecule has 1 heterocycles. The van der Waals surface area contributed by atoms with Gasteiger partial charge in [0.15, 0.2) is 9.84 Å². The van der Waals surface area contributed by atoms with Crippen LogP contribution < -0.4 is 0 Å². The Kier molecular flexibility index (Phi) is 4.10. The molecule has 1 aliphatic heterocycles. The summed E-state index contributed by atoms with van der Waals surface area (Å²) in [5.74, 6) is -2.45. The Morgan fingerprint density at radius 3 is 2.75 bits per heavy atom. The Morgan fingerprint density at radius 2 is 2.20 bits per heavy atom. The number of halogens is 1. The number of carboxylic acid groups (broad SMARTS) is 1. The molecular formula is C13H15FO5S. The van der Waals surface area contributed by atoms with Crippen molar-refractivity contribution >= 4 is 15.8 Å². The molecule has 0 radical (unpaired) electrons. The van der Waals surface area contributed by atoms with Gasteiger partial charge in [-0.2, -0.15) is 0 Å².